The van der Waals surface area contributed by atoms with Gasteiger partial charge in [-0.15, -0.1) is 0 Å². The predicted molar refractivity (Wildman–Crippen MR) is 56.8 cm³/mol. The number of sulfonamides is 1. The van der Waals surface area contributed by atoms with Crippen LogP contribution in [-0.2, 0) is 17.1 Å². The number of nitrogens with zero attached hydrogens (tertiary/aromatic N) is 3. The van der Waals surface area contributed by atoms with Gasteiger partial charge in [0.15, 0.2) is 10.9 Å². The van der Waals surface area contributed by atoms with Crippen LogP contribution in [0.25, 0.3) is 0 Å². The van der Waals surface area contributed by atoms with Gasteiger partial charge in [0.2, 0.25) is 0 Å². The summed E-state index contributed by atoms with van der Waals surface area (Å²) in [6.07, 6.45) is 1.21. The fourth-order valence-corrected chi connectivity index (χ4v) is 2.62. The first-order chi connectivity index (χ1) is 7.38. The van der Waals surface area contributed by atoms with Gasteiger partial charge >= 0.3 is 0 Å². The monoisotopic (exact) mass is 267 g/mol. The topological polar surface area (TPSA) is 123 Å². The van der Waals surface area contributed by atoms with Gasteiger partial charge in [0.25, 0.3) is 10.0 Å². The number of aryl methyl sites for hydroxylation is 1. The Morgan fingerprint density at radius 3 is 2.88 bits per heavy atom. The predicted octanol–water partition coefficient (Wildman–Crippen LogP) is -0.902. The molecule has 0 unspecified atom stereocenters. The Morgan fingerprint density at radius 1 is 1.81 bits per heavy atom. The molecule has 1 aromatic heterocycles. The van der Waals surface area contributed by atoms with E-state index in [0.29, 0.717) is 0 Å². The summed E-state index contributed by atoms with van der Waals surface area (Å²) < 4.78 is 26.6. The van der Waals surface area contributed by atoms with E-state index in [9.17, 15) is 8.42 Å². The molecule has 1 heterocycles. The first-order valence-electron chi connectivity index (χ1n) is 4.02. The molecule has 1 aromatic rings. The molecular formula is C6H10ClN5O3S. The number of nitrogens with one attached hydrogen (secondary N) is 1. The Morgan fingerprint density at radius 2 is 2.44 bits per heavy atom. The van der Waals surface area contributed by atoms with Gasteiger partial charge < -0.3 is 10.9 Å². The first kappa shape index (κ1) is 12.7. The summed E-state index contributed by atoms with van der Waals surface area (Å²) in [5.74, 6) is -0.262. The zero-order chi connectivity index (χ0) is 12.3. The van der Waals surface area contributed by atoms with Crippen molar-refractivity contribution in [2.75, 3.05) is 6.54 Å². The highest BCUT2D eigenvalue weighted by atomic mass is 35.5. The van der Waals surface area contributed by atoms with Crippen LogP contribution in [0.2, 0.25) is 5.02 Å². The molecule has 0 aliphatic heterocycles. The lowest BCUT2D eigenvalue weighted by molar-refractivity contribution is 0.317. The maximum Gasteiger partial charge on any atom is 0.259 e. The van der Waals surface area contributed by atoms with E-state index in [4.69, 9.17) is 22.5 Å². The minimum Gasteiger partial charge on any atom is -0.409 e. The maximum atomic E-state index is 11.7. The highest BCUT2D eigenvalue weighted by Gasteiger charge is 2.22. The Labute approximate surface area is 96.7 Å². The second kappa shape index (κ2) is 4.68. The molecule has 0 radical (unpaired) electrons. The van der Waals surface area contributed by atoms with Gasteiger partial charge in [-0.05, 0) is 0 Å². The molecule has 0 amide bonds. The van der Waals surface area contributed by atoms with E-state index in [1.807, 2.05) is 0 Å². The van der Waals surface area contributed by atoms with Crippen LogP contribution >= 0.6 is 11.6 Å². The lowest BCUT2D eigenvalue weighted by Crippen LogP contribution is -2.34. The van der Waals surface area contributed by atoms with E-state index in [2.05, 4.69) is 15.0 Å². The summed E-state index contributed by atoms with van der Waals surface area (Å²) in [7, 11) is -2.40. The summed E-state index contributed by atoms with van der Waals surface area (Å²) in [6, 6.07) is 0. The second-order valence-electron chi connectivity index (χ2n) is 2.84. The fraction of sp³-hybridized carbons (Fsp3) is 0.333. The maximum absolute atomic E-state index is 11.7. The van der Waals surface area contributed by atoms with Gasteiger partial charge in [-0.2, -0.15) is 5.10 Å². The zero-order valence-electron chi connectivity index (χ0n) is 8.25. The van der Waals surface area contributed by atoms with Crippen LogP contribution in [-0.4, -0.2) is 35.8 Å². The van der Waals surface area contributed by atoms with Crippen LogP contribution in [0.5, 0.6) is 0 Å². The van der Waals surface area contributed by atoms with Gasteiger partial charge in [-0.3, -0.25) is 4.68 Å². The lowest BCUT2D eigenvalue weighted by Gasteiger charge is -2.06. The van der Waals surface area contributed by atoms with Crippen molar-refractivity contribution in [2.24, 2.45) is 17.9 Å². The molecule has 4 N–H and O–H groups in total. The molecule has 0 fully saturated rings. The highest BCUT2D eigenvalue weighted by Crippen LogP contribution is 2.18. The molecule has 0 atom stereocenters. The van der Waals surface area contributed by atoms with Crippen molar-refractivity contribution >= 4 is 27.5 Å². The van der Waals surface area contributed by atoms with Crippen molar-refractivity contribution in [1.29, 1.82) is 0 Å². The van der Waals surface area contributed by atoms with Gasteiger partial charge in [0.05, 0.1) is 17.8 Å². The number of amidine groups is 1. The third-order valence-electron chi connectivity index (χ3n) is 1.67. The number of halogens is 1. The van der Waals surface area contributed by atoms with Gasteiger partial charge in [0, 0.05) is 7.05 Å². The largest absolute Gasteiger partial charge is 0.409 e. The van der Waals surface area contributed by atoms with E-state index in [0.717, 1.165) is 4.68 Å². The molecule has 0 saturated carbocycles. The molecule has 0 aliphatic carbocycles. The average Bonchev–Trinajstić information content (AvgIpc) is 2.55. The van der Waals surface area contributed by atoms with Crippen LogP contribution < -0.4 is 10.5 Å². The molecule has 0 aromatic carbocycles. The SMILES string of the molecule is Cn1ncc(Cl)c1S(=O)(=O)NCC(N)=NO. The van der Waals surface area contributed by atoms with Crippen molar-refractivity contribution in [1.82, 2.24) is 14.5 Å². The second-order valence-corrected chi connectivity index (χ2v) is 4.93. The number of aromatic nitrogens is 2. The summed E-state index contributed by atoms with van der Waals surface area (Å²) in [6.45, 7) is -0.319. The molecule has 0 spiro atoms. The van der Waals surface area contributed by atoms with Crippen LogP contribution in [0.4, 0.5) is 0 Å². The third kappa shape index (κ3) is 2.62. The Balaban J connectivity index is 2.95. The molecule has 16 heavy (non-hydrogen) atoms. The summed E-state index contributed by atoms with van der Waals surface area (Å²) in [4.78, 5) is 0. The minimum absolute atomic E-state index is 0.00508. The number of nitrogens with two attached hydrogens (primary N) is 1. The van der Waals surface area contributed by atoms with Crippen LogP contribution in [0.15, 0.2) is 16.4 Å². The average molecular weight is 268 g/mol. The number of rotatable bonds is 4. The number of oxime groups is 1. The molecule has 8 nitrogen and oxygen atoms in total. The first-order valence-corrected chi connectivity index (χ1v) is 5.88. The molecule has 10 heteroatoms. The van der Waals surface area contributed by atoms with Crippen LogP contribution in [0.1, 0.15) is 0 Å². The molecule has 0 saturated heterocycles. The standard InChI is InChI=1S/C6H10ClN5O3S/c1-12-6(4(7)2-9-12)16(14,15)10-3-5(8)11-13/h2,10,13H,3H2,1H3,(H2,8,11). The molecule has 1 rings (SSSR count). The Hall–Kier alpha value is -1.32. The van der Waals surface area contributed by atoms with Crippen molar-refractivity contribution in [3.05, 3.63) is 11.2 Å². The van der Waals surface area contributed by atoms with E-state index in [-0.39, 0.29) is 22.4 Å². The van der Waals surface area contributed by atoms with Crippen LogP contribution in [0, 0.1) is 0 Å². The van der Waals surface area contributed by atoms with E-state index >= 15 is 0 Å². The van der Waals surface area contributed by atoms with Crippen molar-refractivity contribution < 1.29 is 13.6 Å². The zero-order valence-corrected chi connectivity index (χ0v) is 9.83. The van der Waals surface area contributed by atoms with E-state index in [1.54, 1.807) is 0 Å². The normalized spacial score (nSPS) is 13.0. The third-order valence-corrected chi connectivity index (χ3v) is 3.58. The summed E-state index contributed by atoms with van der Waals surface area (Å²) in [5, 5.41) is 14.4. The lowest BCUT2D eigenvalue weighted by atomic mass is 10.6. The Bertz CT molecular complexity index is 489. The summed E-state index contributed by atoms with van der Waals surface area (Å²) >= 11 is 5.67. The quantitative estimate of drug-likeness (QED) is 0.282. The van der Waals surface area contributed by atoms with E-state index < -0.39 is 10.0 Å². The smallest absolute Gasteiger partial charge is 0.259 e. The van der Waals surface area contributed by atoms with Crippen LogP contribution in [0.3, 0.4) is 0 Å². The van der Waals surface area contributed by atoms with Gasteiger partial charge in [0.1, 0.15) is 0 Å². The van der Waals surface area contributed by atoms with E-state index in [1.165, 1.54) is 13.2 Å². The minimum atomic E-state index is -3.84. The molecular weight excluding hydrogens is 258 g/mol. The van der Waals surface area contributed by atoms with Gasteiger partial charge in [-0.25, -0.2) is 13.1 Å². The van der Waals surface area contributed by atoms with Crippen molar-refractivity contribution in [3.63, 3.8) is 0 Å². The molecule has 0 bridgehead atoms. The molecule has 90 valence electrons. The van der Waals surface area contributed by atoms with Crippen molar-refractivity contribution in [3.8, 4) is 0 Å². The van der Waals surface area contributed by atoms with Crippen molar-refractivity contribution in [2.45, 2.75) is 5.03 Å². The van der Waals surface area contributed by atoms with Gasteiger partial charge in [-0.1, -0.05) is 16.8 Å². The Kier molecular flexibility index (Phi) is 3.73. The number of hydrogen-bond acceptors (Lipinski definition) is 5. The number of hydrogen-bond donors (Lipinski definition) is 3. The fourth-order valence-electron chi connectivity index (χ4n) is 0.974. The summed E-state index contributed by atoms with van der Waals surface area (Å²) in [5.41, 5.74) is 5.13. The molecule has 0 aliphatic rings. The highest BCUT2D eigenvalue weighted by molar-refractivity contribution is 7.89.